The predicted octanol–water partition coefficient (Wildman–Crippen LogP) is 4.20. The fraction of sp³-hybridized carbons (Fsp3) is 0.350. The third-order valence-electron chi connectivity index (χ3n) is 5.22. The highest BCUT2D eigenvalue weighted by Gasteiger charge is 2.23. The quantitative estimate of drug-likeness (QED) is 0.554. The molecule has 3 heterocycles. The molecule has 1 fully saturated rings. The van der Waals surface area contributed by atoms with E-state index in [9.17, 15) is 9.18 Å². The Morgan fingerprint density at radius 3 is 2.73 bits per heavy atom. The number of nitrogens with one attached hydrogen (secondary N) is 1. The van der Waals surface area contributed by atoms with Gasteiger partial charge in [0.15, 0.2) is 10.6 Å². The van der Waals surface area contributed by atoms with E-state index in [-0.39, 0.29) is 11.7 Å². The van der Waals surface area contributed by atoms with Crippen molar-refractivity contribution in [1.29, 1.82) is 0 Å². The number of piperazine rings is 1. The molecular weight excluding hydrogens is 445 g/mol. The Morgan fingerprint density at radius 1 is 1.23 bits per heavy atom. The van der Waals surface area contributed by atoms with Crippen molar-refractivity contribution in [3.63, 3.8) is 0 Å². The number of carbonyl (C=O) groups excluding carboxylic acids is 1. The van der Waals surface area contributed by atoms with Crippen molar-refractivity contribution in [2.75, 3.05) is 26.2 Å². The Hall–Kier alpha value is -2.07. The summed E-state index contributed by atoms with van der Waals surface area (Å²) >= 11 is 13.0. The number of aromatic amines is 1. The number of halogens is 2. The molecule has 3 aromatic rings. The standard InChI is InChI=1S/C20H21ClFN5OS2/c21-15-3-1-4-16(22)14(15)13-25-8-10-26(11-9-25)18(28)6-7-27-19(23-24-20(27)29)17-5-2-12-30-17/h1-5,12H,6-11,13H2,(H,24,29). The van der Waals surface area contributed by atoms with Gasteiger partial charge < -0.3 is 4.90 Å². The average Bonchev–Trinajstić information content (AvgIpc) is 3.39. The summed E-state index contributed by atoms with van der Waals surface area (Å²) in [5.74, 6) is 0.549. The molecule has 0 spiro atoms. The molecule has 1 aliphatic heterocycles. The van der Waals surface area contributed by atoms with Crippen molar-refractivity contribution in [3.8, 4) is 10.7 Å². The first-order chi connectivity index (χ1) is 14.5. The highest BCUT2D eigenvalue weighted by atomic mass is 35.5. The van der Waals surface area contributed by atoms with Crippen molar-refractivity contribution in [2.45, 2.75) is 19.5 Å². The zero-order valence-electron chi connectivity index (χ0n) is 16.2. The summed E-state index contributed by atoms with van der Waals surface area (Å²) in [6.45, 7) is 3.51. The van der Waals surface area contributed by atoms with Gasteiger partial charge in [0.2, 0.25) is 5.91 Å². The van der Waals surface area contributed by atoms with Gasteiger partial charge in [0.05, 0.1) is 4.88 Å². The van der Waals surface area contributed by atoms with Gasteiger partial charge in [0, 0.05) is 56.3 Å². The Balaban J connectivity index is 1.31. The summed E-state index contributed by atoms with van der Waals surface area (Å²) < 4.78 is 16.4. The second-order valence-electron chi connectivity index (χ2n) is 7.09. The molecule has 4 rings (SSSR count). The van der Waals surface area contributed by atoms with Crippen LogP contribution in [0.2, 0.25) is 5.02 Å². The number of hydrogen-bond acceptors (Lipinski definition) is 5. The van der Waals surface area contributed by atoms with Gasteiger partial charge in [-0.05, 0) is 35.8 Å². The number of H-pyrrole nitrogens is 1. The molecule has 158 valence electrons. The maximum Gasteiger partial charge on any atom is 0.224 e. The Bertz CT molecular complexity index is 1050. The second-order valence-corrected chi connectivity index (χ2v) is 8.83. The van der Waals surface area contributed by atoms with Crippen LogP contribution in [0.3, 0.4) is 0 Å². The van der Waals surface area contributed by atoms with E-state index in [4.69, 9.17) is 23.8 Å². The summed E-state index contributed by atoms with van der Waals surface area (Å²) in [7, 11) is 0. The molecule has 0 bridgehead atoms. The molecule has 30 heavy (non-hydrogen) atoms. The van der Waals surface area contributed by atoms with Gasteiger partial charge >= 0.3 is 0 Å². The Morgan fingerprint density at radius 2 is 2.03 bits per heavy atom. The minimum absolute atomic E-state index is 0.0822. The van der Waals surface area contributed by atoms with Crippen LogP contribution in [0, 0.1) is 10.6 Å². The zero-order valence-corrected chi connectivity index (χ0v) is 18.6. The minimum Gasteiger partial charge on any atom is -0.340 e. The molecule has 1 N–H and O–H groups in total. The number of hydrogen-bond donors (Lipinski definition) is 1. The lowest BCUT2D eigenvalue weighted by Gasteiger charge is -2.35. The SMILES string of the molecule is O=C(CCn1c(-c2cccs2)n[nH]c1=S)N1CCN(Cc2c(F)cccc2Cl)CC1. The molecule has 0 unspecified atom stereocenters. The summed E-state index contributed by atoms with van der Waals surface area (Å²) in [5.41, 5.74) is 0.509. The molecular formula is C20H21ClFN5OS2. The maximum absolute atomic E-state index is 14.0. The normalized spacial score (nSPS) is 14.9. The second kappa shape index (κ2) is 9.38. The number of benzene rings is 1. The van der Waals surface area contributed by atoms with E-state index in [0.717, 1.165) is 10.7 Å². The van der Waals surface area contributed by atoms with E-state index in [1.54, 1.807) is 23.5 Å². The molecule has 1 aliphatic rings. The number of rotatable bonds is 6. The molecule has 0 aliphatic carbocycles. The predicted molar refractivity (Wildman–Crippen MR) is 119 cm³/mol. The van der Waals surface area contributed by atoms with E-state index in [0.29, 0.717) is 61.0 Å². The van der Waals surface area contributed by atoms with Crippen LogP contribution in [-0.4, -0.2) is 56.7 Å². The van der Waals surface area contributed by atoms with E-state index in [1.165, 1.54) is 6.07 Å². The topological polar surface area (TPSA) is 57.2 Å². The zero-order chi connectivity index (χ0) is 21.1. The molecule has 1 aromatic carbocycles. The molecule has 1 saturated heterocycles. The molecule has 6 nitrogen and oxygen atoms in total. The van der Waals surface area contributed by atoms with Gasteiger partial charge in [-0.1, -0.05) is 23.7 Å². The highest BCUT2D eigenvalue weighted by Crippen LogP contribution is 2.24. The fourth-order valence-corrected chi connectivity index (χ4v) is 4.72. The summed E-state index contributed by atoms with van der Waals surface area (Å²) in [5, 5.41) is 9.53. The fourth-order valence-electron chi connectivity index (χ4n) is 3.55. The van der Waals surface area contributed by atoms with E-state index in [2.05, 4.69) is 15.1 Å². The van der Waals surface area contributed by atoms with Crippen LogP contribution < -0.4 is 0 Å². The van der Waals surface area contributed by atoms with Crippen LogP contribution >= 0.6 is 35.2 Å². The van der Waals surface area contributed by atoms with Crippen molar-refractivity contribution >= 4 is 41.1 Å². The number of nitrogens with zero attached hydrogens (tertiary/aromatic N) is 4. The smallest absolute Gasteiger partial charge is 0.224 e. The first-order valence-electron chi connectivity index (χ1n) is 9.65. The summed E-state index contributed by atoms with van der Waals surface area (Å²) in [4.78, 5) is 17.7. The van der Waals surface area contributed by atoms with Crippen molar-refractivity contribution in [1.82, 2.24) is 24.6 Å². The number of amides is 1. The van der Waals surface area contributed by atoms with Crippen LogP contribution in [0.4, 0.5) is 4.39 Å². The average molecular weight is 466 g/mol. The molecule has 0 atom stereocenters. The van der Waals surface area contributed by atoms with Gasteiger partial charge in [0.25, 0.3) is 0 Å². The van der Waals surface area contributed by atoms with E-state index < -0.39 is 0 Å². The number of carbonyl (C=O) groups is 1. The maximum atomic E-state index is 14.0. The summed E-state index contributed by atoms with van der Waals surface area (Å²) in [6.07, 6.45) is 0.353. The number of aromatic nitrogens is 3. The third-order valence-corrected chi connectivity index (χ3v) is 6.75. The molecule has 0 radical (unpaired) electrons. The minimum atomic E-state index is -0.292. The molecule has 0 saturated carbocycles. The van der Waals surface area contributed by atoms with Gasteiger partial charge in [-0.25, -0.2) is 4.39 Å². The summed E-state index contributed by atoms with van der Waals surface area (Å²) in [6, 6.07) is 8.67. The van der Waals surface area contributed by atoms with E-state index >= 15 is 0 Å². The lowest BCUT2D eigenvalue weighted by Crippen LogP contribution is -2.48. The van der Waals surface area contributed by atoms with Crippen LogP contribution in [-0.2, 0) is 17.9 Å². The highest BCUT2D eigenvalue weighted by molar-refractivity contribution is 7.71. The van der Waals surface area contributed by atoms with Crippen LogP contribution in [0.5, 0.6) is 0 Å². The monoisotopic (exact) mass is 465 g/mol. The van der Waals surface area contributed by atoms with Gasteiger partial charge in [0.1, 0.15) is 5.82 Å². The molecule has 2 aromatic heterocycles. The van der Waals surface area contributed by atoms with Crippen molar-refractivity contribution < 1.29 is 9.18 Å². The lowest BCUT2D eigenvalue weighted by atomic mass is 10.1. The Kier molecular flexibility index (Phi) is 6.62. The van der Waals surface area contributed by atoms with Crippen LogP contribution in [0.15, 0.2) is 35.7 Å². The number of thiophene rings is 1. The van der Waals surface area contributed by atoms with Crippen LogP contribution in [0.1, 0.15) is 12.0 Å². The van der Waals surface area contributed by atoms with Gasteiger partial charge in [-0.15, -0.1) is 11.3 Å². The third kappa shape index (κ3) is 4.64. The van der Waals surface area contributed by atoms with E-state index in [1.807, 2.05) is 27.0 Å². The molecule has 1 amide bonds. The largest absolute Gasteiger partial charge is 0.340 e. The van der Waals surface area contributed by atoms with Gasteiger partial charge in [-0.2, -0.15) is 5.10 Å². The molecule has 10 heteroatoms. The first kappa shape index (κ1) is 21.2. The van der Waals surface area contributed by atoms with Gasteiger partial charge in [-0.3, -0.25) is 19.4 Å². The first-order valence-corrected chi connectivity index (χ1v) is 11.3. The van der Waals surface area contributed by atoms with Crippen molar-refractivity contribution in [2.24, 2.45) is 0 Å². The Labute approximate surface area is 187 Å². The van der Waals surface area contributed by atoms with Crippen LogP contribution in [0.25, 0.3) is 10.7 Å². The lowest BCUT2D eigenvalue weighted by molar-refractivity contribution is -0.133. The van der Waals surface area contributed by atoms with Crippen molar-refractivity contribution in [3.05, 3.63) is 56.9 Å².